The van der Waals surface area contributed by atoms with Crippen LogP contribution in [0.1, 0.15) is 33.1 Å². The maximum atomic E-state index is 2.58. The van der Waals surface area contributed by atoms with E-state index in [0.717, 1.165) is 12.0 Å². The molecule has 1 saturated heterocycles. The van der Waals surface area contributed by atoms with E-state index >= 15 is 0 Å². The highest BCUT2D eigenvalue weighted by atomic mass is 32.2. The van der Waals surface area contributed by atoms with Crippen molar-refractivity contribution >= 4 is 11.8 Å². The summed E-state index contributed by atoms with van der Waals surface area (Å²) >= 11 is 1.98. The zero-order valence-corrected chi connectivity index (χ0v) is 11.3. The number of nitrogens with zero attached hydrogens (tertiary/aromatic N) is 1. The number of rotatable bonds is 0. The topological polar surface area (TPSA) is 3.24 Å². The first kappa shape index (κ1) is 10.9. The molecule has 2 aliphatic heterocycles. The van der Waals surface area contributed by atoms with Crippen LogP contribution in [0.5, 0.6) is 0 Å². The molecule has 2 heterocycles. The van der Waals surface area contributed by atoms with E-state index in [0.29, 0.717) is 5.41 Å². The molecule has 0 spiro atoms. The minimum Gasteiger partial charge on any atom is -0.303 e. The van der Waals surface area contributed by atoms with E-state index in [9.17, 15) is 0 Å². The second-order valence-electron chi connectivity index (χ2n) is 5.92. The molecule has 0 radical (unpaired) electrons. The Labute approximate surface area is 103 Å². The van der Waals surface area contributed by atoms with Crippen molar-refractivity contribution in [3.8, 4) is 0 Å². The largest absolute Gasteiger partial charge is 0.303 e. The predicted molar refractivity (Wildman–Crippen MR) is 71.3 cm³/mol. The van der Waals surface area contributed by atoms with Crippen LogP contribution in [-0.4, -0.2) is 24.5 Å². The lowest BCUT2D eigenvalue weighted by Gasteiger charge is -2.53. The molecule has 0 aromatic carbocycles. The van der Waals surface area contributed by atoms with Gasteiger partial charge in [-0.05, 0) is 48.0 Å². The summed E-state index contributed by atoms with van der Waals surface area (Å²) in [5.41, 5.74) is 2.24. The van der Waals surface area contributed by atoms with E-state index in [1.165, 1.54) is 25.8 Å². The molecule has 2 bridgehead atoms. The Kier molecular flexibility index (Phi) is 2.48. The molecule has 1 aliphatic carbocycles. The summed E-state index contributed by atoms with van der Waals surface area (Å²) in [6.45, 7) is 6.21. The fourth-order valence-corrected chi connectivity index (χ4v) is 4.80. The molecule has 1 nitrogen and oxygen atoms in total. The zero-order chi connectivity index (χ0) is 11.3. The van der Waals surface area contributed by atoms with E-state index in [4.69, 9.17) is 0 Å². The van der Waals surface area contributed by atoms with Crippen molar-refractivity contribution in [2.24, 2.45) is 11.3 Å². The van der Waals surface area contributed by atoms with E-state index in [-0.39, 0.29) is 0 Å². The van der Waals surface area contributed by atoms with E-state index in [2.05, 4.69) is 37.3 Å². The minimum atomic E-state index is 0.475. The average molecular weight is 235 g/mol. The van der Waals surface area contributed by atoms with Gasteiger partial charge in [0.25, 0.3) is 0 Å². The summed E-state index contributed by atoms with van der Waals surface area (Å²) in [5, 5.41) is 2.29. The molecule has 1 fully saturated rings. The zero-order valence-electron chi connectivity index (χ0n) is 10.5. The van der Waals surface area contributed by atoms with Crippen LogP contribution in [-0.2, 0) is 0 Å². The highest BCUT2D eigenvalue weighted by Crippen LogP contribution is 2.55. The SMILES string of the molecule is CC1CN(C)C2CC3=C(CC=CS3)C1(C)C2. The summed E-state index contributed by atoms with van der Waals surface area (Å²) in [6.07, 6.45) is 6.22. The van der Waals surface area contributed by atoms with Gasteiger partial charge in [0.05, 0.1) is 0 Å². The Morgan fingerprint density at radius 3 is 3.12 bits per heavy atom. The van der Waals surface area contributed by atoms with E-state index in [1.54, 1.807) is 10.5 Å². The van der Waals surface area contributed by atoms with Crippen molar-refractivity contribution in [2.75, 3.05) is 13.6 Å². The van der Waals surface area contributed by atoms with Gasteiger partial charge in [-0.1, -0.05) is 25.5 Å². The molecule has 3 rings (SSSR count). The van der Waals surface area contributed by atoms with Gasteiger partial charge < -0.3 is 4.90 Å². The van der Waals surface area contributed by atoms with Crippen molar-refractivity contribution in [3.63, 3.8) is 0 Å². The molecule has 3 aliphatic rings. The summed E-state index contributed by atoms with van der Waals surface area (Å²) in [5.74, 6) is 0.797. The van der Waals surface area contributed by atoms with Crippen LogP contribution >= 0.6 is 11.8 Å². The second kappa shape index (κ2) is 3.64. The smallest absolute Gasteiger partial charge is 0.0146 e. The minimum absolute atomic E-state index is 0.475. The molecule has 0 saturated carbocycles. The first-order valence-corrected chi connectivity index (χ1v) is 7.23. The quantitative estimate of drug-likeness (QED) is 0.630. The van der Waals surface area contributed by atoms with Gasteiger partial charge in [0.15, 0.2) is 0 Å². The third-order valence-corrected chi connectivity index (χ3v) is 6.03. The Morgan fingerprint density at radius 1 is 1.50 bits per heavy atom. The normalized spacial score (nSPS) is 43.4. The maximum Gasteiger partial charge on any atom is 0.0146 e. The number of piperidine rings is 1. The summed E-state index contributed by atoms with van der Waals surface area (Å²) in [7, 11) is 2.30. The van der Waals surface area contributed by atoms with E-state index in [1.807, 2.05) is 11.8 Å². The molecule has 0 amide bonds. The van der Waals surface area contributed by atoms with Crippen LogP contribution in [0.25, 0.3) is 0 Å². The molecule has 3 unspecified atom stereocenters. The Morgan fingerprint density at radius 2 is 2.31 bits per heavy atom. The van der Waals surface area contributed by atoms with Gasteiger partial charge in [0.2, 0.25) is 0 Å². The Bertz CT molecular complexity index is 371. The Balaban J connectivity index is 2.03. The van der Waals surface area contributed by atoms with Crippen LogP contribution in [0.2, 0.25) is 0 Å². The number of allylic oxidation sites excluding steroid dienone is 2. The molecule has 88 valence electrons. The van der Waals surface area contributed by atoms with Crippen LogP contribution in [0.3, 0.4) is 0 Å². The summed E-state index contributed by atoms with van der Waals surface area (Å²) in [4.78, 5) is 4.26. The fourth-order valence-electron chi connectivity index (χ4n) is 3.70. The fraction of sp³-hybridized carbons (Fsp3) is 0.714. The highest BCUT2D eigenvalue weighted by molar-refractivity contribution is 8.05. The first-order chi connectivity index (χ1) is 7.61. The highest BCUT2D eigenvalue weighted by Gasteiger charge is 2.47. The predicted octanol–water partition coefficient (Wildman–Crippen LogP) is 3.64. The lowest BCUT2D eigenvalue weighted by atomic mass is 9.61. The van der Waals surface area contributed by atoms with Crippen LogP contribution in [0.4, 0.5) is 0 Å². The second-order valence-corrected chi connectivity index (χ2v) is 6.92. The summed E-state index contributed by atoms with van der Waals surface area (Å²) < 4.78 is 0. The molecule has 2 heteroatoms. The van der Waals surface area contributed by atoms with Gasteiger partial charge in [0, 0.05) is 12.6 Å². The van der Waals surface area contributed by atoms with Gasteiger partial charge >= 0.3 is 0 Å². The maximum absolute atomic E-state index is 2.58. The van der Waals surface area contributed by atoms with Crippen molar-refractivity contribution in [2.45, 2.75) is 39.2 Å². The Hall–Kier alpha value is -0.210. The molecule has 0 aromatic heterocycles. The molecule has 3 atom stereocenters. The average Bonchev–Trinajstić information content (AvgIpc) is 2.27. The molecular weight excluding hydrogens is 214 g/mol. The number of fused-ring (bicyclic) bond motifs is 3. The number of likely N-dealkylation sites (tertiary alicyclic amines) is 1. The molecule has 0 N–H and O–H groups in total. The monoisotopic (exact) mass is 235 g/mol. The van der Waals surface area contributed by atoms with Gasteiger partial charge in [-0.25, -0.2) is 0 Å². The van der Waals surface area contributed by atoms with Crippen LogP contribution < -0.4 is 0 Å². The van der Waals surface area contributed by atoms with Gasteiger partial charge in [0.1, 0.15) is 0 Å². The van der Waals surface area contributed by atoms with Crippen molar-refractivity contribution < 1.29 is 0 Å². The molecule has 16 heavy (non-hydrogen) atoms. The van der Waals surface area contributed by atoms with Gasteiger partial charge in [-0.15, -0.1) is 11.8 Å². The van der Waals surface area contributed by atoms with Crippen molar-refractivity contribution in [1.82, 2.24) is 4.90 Å². The third-order valence-electron chi connectivity index (χ3n) is 5.01. The lowest BCUT2D eigenvalue weighted by molar-refractivity contribution is 0.0393. The molecular formula is C14H21NS. The van der Waals surface area contributed by atoms with Crippen LogP contribution in [0.15, 0.2) is 22.0 Å². The van der Waals surface area contributed by atoms with E-state index < -0.39 is 0 Å². The number of hydrogen-bond acceptors (Lipinski definition) is 2. The van der Waals surface area contributed by atoms with Crippen molar-refractivity contribution in [3.05, 3.63) is 22.0 Å². The lowest BCUT2D eigenvalue weighted by Crippen LogP contribution is -2.52. The third kappa shape index (κ3) is 1.42. The van der Waals surface area contributed by atoms with Crippen molar-refractivity contribution in [1.29, 1.82) is 0 Å². The first-order valence-electron chi connectivity index (χ1n) is 6.35. The number of hydrogen-bond donors (Lipinski definition) is 0. The van der Waals surface area contributed by atoms with Gasteiger partial charge in [-0.2, -0.15) is 0 Å². The summed E-state index contributed by atoms with van der Waals surface area (Å²) in [6, 6.07) is 0.791. The standard InChI is InChI=1S/C14H21NS/c1-10-9-15(3)11-7-13-12(5-4-6-16-13)14(10,2)8-11/h4,6,10-11H,5,7-9H2,1-3H3. The van der Waals surface area contributed by atoms with Gasteiger partial charge in [-0.3, -0.25) is 0 Å². The number of thioether (sulfide) groups is 1. The molecule has 0 aromatic rings. The van der Waals surface area contributed by atoms with Crippen LogP contribution in [0, 0.1) is 11.3 Å².